The summed E-state index contributed by atoms with van der Waals surface area (Å²) in [6, 6.07) is 11.0. The molecule has 5 nitrogen and oxygen atoms in total. The summed E-state index contributed by atoms with van der Waals surface area (Å²) in [7, 11) is 4.59. The Bertz CT molecular complexity index is 1280. The fourth-order valence-electron chi connectivity index (χ4n) is 3.98. The van der Waals surface area contributed by atoms with Crippen LogP contribution in [0.4, 0.5) is 0 Å². The Labute approximate surface area is 179 Å². The fraction of sp³-hybridized carbons (Fsp3) is 0.208. The van der Waals surface area contributed by atoms with Gasteiger partial charge in [-0.1, -0.05) is 11.6 Å². The van der Waals surface area contributed by atoms with Crippen molar-refractivity contribution in [3.05, 3.63) is 63.7 Å². The number of hydrogen-bond acceptors (Lipinski definition) is 4. The van der Waals surface area contributed by atoms with Crippen LogP contribution in [0.25, 0.3) is 21.8 Å². The summed E-state index contributed by atoms with van der Waals surface area (Å²) in [6.07, 6.45) is 0. The van der Waals surface area contributed by atoms with Crippen molar-refractivity contribution in [2.75, 3.05) is 21.3 Å². The number of methoxy groups -OCH3 is 3. The van der Waals surface area contributed by atoms with Gasteiger partial charge in [-0.15, -0.1) is 0 Å². The average molecular weight is 424 g/mol. The van der Waals surface area contributed by atoms with E-state index in [1.54, 1.807) is 12.1 Å². The second-order valence-corrected chi connectivity index (χ2v) is 7.61. The maximum Gasteiger partial charge on any atom is 0.203 e. The Morgan fingerprint density at radius 1 is 0.933 bits per heavy atom. The van der Waals surface area contributed by atoms with E-state index in [9.17, 15) is 4.79 Å². The molecule has 0 aliphatic rings. The van der Waals surface area contributed by atoms with Crippen LogP contribution in [0.2, 0.25) is 5.02 Å². The normalized spacial score (nSPS) is 11.1. The van der Waals surface area contributed by atoms with E-state index in [0.717, 1.165) is 32.9 Å². The number of halogens is 1. The van der Waals surface area contributed by atoms with Crippen molar-refractivity contribution in [2.24, 2.45) is 0 Å². The SMILES string of the molecule is COc1cc(C(=O)c2cc(C)c3[nH]c4ccc(Cl)cc4c3c2C)cc(OC)c1OC. The number of aryl methyl sites for hydroxylation is 2. The monoisotopic (exact) mass is 423 g/mol. The molecule has 0 aliphatic carbocycles. The molecule has 1 aromatic heterocycles. The van der Waals surface area contributed by atoms with Crippen molar-refractivity contribution >= 4 is 39.2 Å². The Hall–Kier alpha value is -3.18. The maximum atomic E-state index is 13.5. The number of ketones is 1. The van der Waals surface area contributed by atoms with E-state index in [1.165, 1.54) is 21.3 Å². The lowest BCUT2D eigenvalue weighted by atomic mass is 9.93. The first-order chi connectivity index (χ1) is 14.4. The lowest BCUT2D eigenvalue weighted by Gasteiger charge is -2.15. The number of hydrogen-bond donors (Lipinski definition) is 1. The van der Waals surface area contributed by atoms with Gasteiger partial charge in [0.25, 0.3) is 0 Å². The minimum absolute atomic E-state index is 0.117. The lowest BCUT2D eigenvalue weighted by Crippen LogP contribution is -2.07. The molecule has 30 heavy (non-hydrogen) atoms. The van der Waals surface area contributed by atoms with E-state index >= 15 is 0 Å². The summed E-state index contributed by atoms with van der Waals surface area (Å²) in [5.41, 5.74) is 4.95. The minimum Gasteiger partial charge on any atom is -0.493 e. The van der Waals surface area contributed by atoms with Gasteiger partial charge in [0.05, 0.1) is 21.3 Å². The largest absolute Gasteiger partial charge is 0.493 e. The van der Waals surface area contributed by atoms with E-state index in [4.69, 9.17) is 25.8 Å². The zero-order chi connectivity index (χ0) is 21.6. The number of H-pyrrole nitrogens is 1. The number of rotatable bonds is 5. The van der Waals surface area contributed by atoms with Gasteiger partial charge in [-0.25, -0.2) is 0 Å². The van der Waals surface area contributed by atoms with Gasteiger partial charge < -0.3 is 19.2 Å². The van der Waals surface area contributed by atoms with E-state index in [0.29, 0.717) is 33.4 Å². The highest BCUT2D eigenvalue weighted by atomic mass is 35.5. The van der Waals surface area contributed by atoms with E-state index in [-0.39, 0.29) is 5.78 Å². The first kappa shape index (κ1) is 20.1. The summed E-state index contributed by atoms with van der Waals surface area (Å²) in [4.78, 5) is 17.0. The van der Waals surface area contributed by atoms with Gasteiger partial charge in [0.15, 0.2) is 17.3 Å². The molecule has 6 heteroatoms. The number of ether oxygens (including phenoxy) is 3. The smallest absolute Gasteiger partial charge is 0.203 e. The van der Waals surface area contributed by atoms with Gasteiger partial charge in [-0.3, -0.25) is 4.79 Å². The number of aromatic amines is 1. The van der Waals surface area contributed by atoms with Crippen LogP contribution in [0.5, 0.6) is 17.2 Å². The highest BCUT2D eigenvalue weighted by Crippen LogP contribution is 2.40. The molecular formula is C24H22ClNO4. The van der Waals surface area contributed by atoms with E-state index < -0.39 is 0 Å². The van der Waals surface area contributed by atoms with Gasteiger partial charge in [-0.2, -0.15) is 0 Å². The van der Waals surface area contributed by atoms with Gasteiger partial charge in [0, 0.05) is 38.0 Å². The molecule has 0 radical (unpaired) electrons. The molecule has 0 saturated heterocycles. The predicted molar refractivity (Wildman–Crippen MR) is 120 cm³/mol. The molecule has 0 amide bonds. The molecule has 3 aromatic carbocycles. The van der Waals surface area contributed by atoms with Crippen molar-refractivity contribution in [3.63, 3.8) is 0 Å². The molecule has 0 unspecified atom stereocenters. The Morgan fingerprint density at radius 3 is 2.20 bits per heavy atom. The Morgan fingerprint density at radius 2 is 1.60 bits per heavy atom. The van der Waals surface area contributed by atoms with Crippen molar-refractivity contribution in [2.45, 2.75) is 13.8 Å². The molecule has 4 aromatic rings. The molecule has 0 fully saturated rings. The number of fused-ring (bicyclic) bond motifs is 3. The van der Waals surface area contributed by atoms with Gasteiger partial charge in [0.2, 0.25) is 5.75 Å². The zero-order valence-corrected chi connectivity index (χ0v) is 18.2. The van der Waals surface area contributed by atoms with Crippen LogP contribution < -0.4 is 14.2 Å². The molecular weight excluding hydrogens is 402 g/mol. The number of benzene rings is 3. The van der Waals surface area contributed by atoms with E-state index in [2.05, 4.69) is 4.98 Å². The molecule has 0 bridgehead atoms. The van der Waals surface area contributed by atoms with Crippen LogP contribution in [0.1, 0.15) is 27.0 Å². The van der Waals surface area contributed by atoms with Crippen molar-refractivity contribution in [3.8, 4) is 17.2 Å². The zero-order valence-electron chi connectivity index (χ0n) is 17.5. The highest BCUT2D eigenvalue weighted by molar-refractivity contribution is 6.32. The van der Waals surface area contributed by atoms with Crippen LogP contribution in [-0.2, 0) is 0 Å². The molecule has 0 aliphatic heterocycles. The number of aromatic nitrogens is 1. The van der Waals surface area contributed by atoms with Crippen molar-refractivity contribution < 1.29 is 19.0 Å². The quantitative estimate of drug-likeness (QED) is 0.409. The molecule has 1 N–H and O–H groups in total. The third-order valence-electron chi connectivity index (χ3n) is 5.47. The average Bonchev–Trinajstić information content (AvgIpc) is 3.14. The standard InChI is InChI=1S/C24H22ClNO4/c1-12-8-16(13(2)21-17-11-15(25)6-7-18(17)26-22(12)21)23(27)14-9-19(28-3)24(30-5)20(10-14)29-4/h6-11,26H,1-5H3. The molecule has 0 atom stereocenters. The summed E-state index contributed by atoms with van der Waals surface area (Å²) in [5.74, 6) is 1.21. The molecule has 0 spiro atoms. The van der Waals surface area contributed by atoms with Crippen molar-refractivity contribution in [1.29, 1.82) is 0 Å². The van der Waals surface area contributed by atoms with Gasteiger partial charge in [-0.05, 0) is 61.4 Å². The topological polar surface area (TPSA) is 60.6 Å². The number of carbonyl (C=O) groups is 1. The second kappa shape index (κ2) is 7.58. The summed E-state index contributed by atoms with van der Waals surface area (Å²) in [6.45, 7) is 3.95. The second-order valence-electron chi connectivity index (χ2n) is 7.17. The molecule has 0 saturated carbocycles. The third-order valence-corrected chi connectivity index (χ3v) is 5.70. The Kier molecular flexibility index (Phi) is 5.08. The molecule has 4 rings (SSSR count). The summed E-state index contributed by atoms with van der Waals surface area (Å²) >= 11 is 6.24. The van der Waals surface area contributed by atoms with E-state index in [1.807, 2.05) is 38.1 Å². The predicted octanol–water partition coefficient (Wildman–Crippen LogP) is 5.85. The molecule has 1 heterocycles. The maximum absolute atomic E-state index is 13.5. The van der Waals surface area contributed by atoms with Crippen molar-refractivity contribution in [1.82, 2.24) is 4.98 Å². The first-order valence-electron chi connectivity index (χ1n) is 9.45. The highest BCUT2D eigenvalue weighted by Gasteiger charge is 2.22. The van der Waals surface area contributed by atoms with Crippen LogP contribution in [-0.4, -0.2) is 32.1 Å². The van der Waals surface area contributed by atoms with Crippen LogP contribution in [0, 0.1) is 13.8 Å². The Balaban J connectivity index is 1.96. The molecule has 154 valence electrons. The number of carbonyl (C=O) groups excluding carboxylic acids is 1. The van der Waals surface area contributed by atoms with Gasteiger partial charge >= 0.3 is 0 Å². The van der Waals surface area contributed by atoms with Gasteiger partial charge in [0.1, 0.15) is 0 Å². The van der Waals surface area contributed by atoms with Crippen LogP contribution in [0.3, 0.4) is 0 Å². The minimum atomic E-state index is -0.117. The number of nitrogens with one attached hydrogen (secondary N) is 1. The third kappa shape index (κ3) is 3.06. The lowest BCUT2D eigenvalue weighted by molar-refractivity contribution is 0.103. The summed E-state index contributed by atoms with van der Waals surface area (Å²) < 4.78 is 16.2. The summed E-state index contributed by atoms with van der Waals surface area (Å²) in [5, 5.41) is 2.66. The first-order valence-corrected chi connectivity index (χ1v) is 9.83. The fourth-order valence-corrected chi connectivity index (χ4v) is 4.16. The van der Waals surface area contributed by atoms with Crippen LogP contribution >= 0.6 is 11.6 Å². The van der Waals surface area contributed by atoms with Crippen LogP contribution in [0.15, 0.2) is 36.4 Å².